The number of benzene rings is 1. The van der Waals surface area contributed by atoms with Crippen molar-refractivity contribution in [3.63, 3.8) is 0 Å². The maximum atomic E-state index is 12.2. The van der Waals surface area contributed by atoms with Crippen molar-refractivity contribution in [3.05, 3.63) is 24.3 Å². The van der Waals surface area contributed by atoms with Crippen LogP contribution in [0, 0.1) is 0 Å². The molecule has 0 saturated heterocycles. The Bertz CT molecular complexity index is 471. The van der Waals surface area contributed by atoms with Gasteiger partial charge in [-0.15, -0.1) is 0 Å². The van der Waals surface area contributed by atoms with Crippen LogP contribution in [0.3, 0.4) is 0 Å². The van der Waals surface area contributed by atoms with Crippen LogP contribution in [0.2, 0.25) is 0 Å². The van der Waals surface area contributed by atoms with Crippen LogP contribution < -0.4 is 10.5 Å². The fraction of sp³-hybridized carbons (Fsp3) is 0.538. The second kappa shape index (κ2) is 7.47. The molecule has 0 aromatic heterocycles. The molecule has 0 unspecified atom stereocenters. The number of nitrogens with two attached hydrogens (primary N) is 1. The van der Waals surface area contributed by atoms with Gasteiger partial charge >= 0.3 is 0 Å². The van der Waals surface area contributed by atoms with Crippen molar-refractivity contribution in [2.75, 3.05) is 26.7 Å². The summed E-state index contributed by atoms with van der Waals surface area (Å²) in [4.78, 5) is 0.287. The maximum Gasteiger partial charge on any atom is 0.242 e. The summed E-state index contributed by atoms with van der Waals surface area (Å²) < 4.78 is 31.1. The zero-order valence-electron chi connectivity index (χ0n) is 11.5. The first-order valence-corrected chi connectivity index (χ1v) is 7.85. The van der Waals surface area contributed by atoms with Gasteiger partial charge in [0, 0.05) is 13.6 Å². The normalized spacial score (nSPS) is 11.8. The monoisotopic (exact) mass is 286 g/mol. The quantitative estimate of drug-likeness (QED) is 0.734. The van der Waals surface area contributed by atoms with Gasteiger partial charge in [-0.25, -0.2) is 12.7 Å². The van der Waals surface area contributed by atoms with Gasteiger partial charge in [0.1, 0.15) is 5.75 Å². The Labute approximate surface area is 115 Å². The Morgan fingerprint density at radius 2 is 1.89 bits per heavy atom. The third kappa shape index (κ3) is 4.49. The number of sulfonamides is 1. The Morgan fingerprint density at radius 3 is 2.42 bits per heavy atom. The highest BCUT2D eigenvalue weighted by Gasteiger charge is 2.19. The molecule has 1 rings (SSSR count). The van der Waals surface area contributed by atoms with Gasteiger partial charge in [-0.3, -0.25) is 0 Å². The molecule has 108 valence electrons. The largest absolute Gasteiger partial charge is 0.494 e. The summed E-state index contributed by atoms with van der Waals surface area (Å²) >= 11 is 0. The second-order valence-corrected chi connectivity index (χ2v) is 6.33. The Morgan fingerprint density at radius 1 is 1.26 bits per heavy atom. The van der Waals surface area contributed by atoms with Crippen molar-refractivity contribution in [1.29, 1.82) is 0 Å². The molecule has 0 aliphatic rings. The van der Waals surface area contributed by atoms with Crippen LogP contribution in [0.1, 0.15) is 19.8 Å². The molecular weight excluding hydrogens is 264 g/mol. The standard InChI is InChI=1S/C13H22N2O3S/c1-3-10-15(2)19(16,17)13-7-5-12(6-8-13)18-11-4-9-14/h5-8H,3-4,9-11,14H2,1-2H3. The molecule has 2 N–H and O–H groups in total. The van der Waals surface area contributed by atoms with E-state index >= 15 is 0 Å². The van der Waals surface area contributed by atoms with Crippen LogP contribution >= 0.6 is 0 Å². The van der Waals surface area contributed by atoms with Crippen molar-refractivity contribution in [2.24, 2.45) is 5.73 Å². The van der Waals surface area contributed by atoms with E-state index in [1.165, 1.54) is 4.31 Å². The lowest BCUT2D eigenvalue weighted by Crippen LogP contribution is -2.27. The van der Waals surface area contributed by atoms with Gasteiger partial charge in [0.25, 0.3) is 0 Å². The molecular formula is C13H22N2O3S. The summed E-state index contributed by atoms with van der Waals surface area (Å²) in [6.07, 6.45) is 1.56. The Balaban J connectivity index is 2.75. The van der Waals surface area contributed by atoms with Crippen LogP contribution in [0.15, 0.2) is 29.2 Å². The van der Waals surface area contributed by atoms with Crippen molar-refractivity contribution < 1.29 is 13.2 Å². The Kier molecular flexibility index (Phi) is 6.27. The maximum absolute atomic E-state index is 12.2. The summed E-state index contributed by atoms with van der Waals surface area (Å²) in [5, 5.41) is 0. The predicted molar refractivity (Wildman–Crippen MR) is 75.7 cm³/mol. The smallest absolute Gasteiger partial charge is 0.242 e. The van der Waals surface area contributed by atoms with E-state index in [4.69, 9.17) is 10.5 Å². The molecule has 0 aliphatic carbocycles. The first-order chi connectivity index (χ1) is 9.02. The Hall–Kier alpha value is -1.11. The van der Waals surface area contributed by atoms with Crippen LogP contribution in [0.5, 0.6) is 5.75 Å². The van der Waals surface area contributed by atoms with Gasteiger partial charge in [-0.05, 0) is 43.7 Å². The molecule has 19 heavy (non-hydrogen) atoms. The number of hydrogen-bond donors (Lipinski definition) is 1. The molecule has 0 spiro atoms. The van der Waals surface area contributed by atoms with Gasteiger partial charge < -0.3 is 10.5 Å². The van der Waals surface area contributed by atoms with E-state index < -0.39 is 10.0 Å². The number of hydrogen-bond acceptors (Lipinski definition) is 4. The SMILES string of the molecule is CCCN(C)S(=O)(=O)c1ccc(OCCCN)cc1. The topological polar surface area (TPSA) is 72.6 Å². The first kappa shape index (κ1) is 15.9. The highest BCUT2D eigenvalue weighted by Crippen LogP contribution is 2.19. The molecule has 1 aromatic carbocycles. The average molecular weight is 286 g/mol. The predicted octanol–water partition coefficient (Wildman–Crippen LogP) is 1.44. The van der Waals surface area contributed by atoms with Gasteiger partial charge in [0.05, 0.1) is 11.5 Å². The summed E-state index contributed by atoms with van der Waals surface area (Å²) in [5.41, 5.74) is 5.37. The molecule has 1 aromatic rings. The minimum Gasteiger partial charge on any atom is -0.494 e. The van der Waals surface area contributed by atoms with Crippen molar-refractivity contribution in [3.8, 4) is 5.75 Å². The van der Waals surface area contributed by atoms with E-state index in [1.54, 1.807) is 31.3 Å². The summed E-state index contributed by atoms with van der Waals surface area (Å²) in [5.74, 6) is 0.658. The number of rotatable bonds is 8. The fourth-order valence-corrected chi connectivity index (χ4v) is 2.86. The van der Waals surface area contributed by atoms with Crippen LogP contribution in [-0.2, 0) is 10.0 Å². The highest BCUT2D eigenvalue weighted by molar-refractivity contribution is 7.89. The van der Waals surface area contributed by atoms with Crippen molar-refractivity contribution >= 4 is 10.0 Å². The number of nitrogens with zero attached hydrogens (tertiary/aromatic N) is 1. The average Bonchev–Trinajstić information content (AvgIpc) is 2.40. The molecule has 0 aliphatic heterocycles. The first-order valence-electron chi connectivity index (χ1n) is 6.41. The minimum atomic E-state index is -3.39. The van der Waals surface area contributed by atoms with Crippen LogP contribution in [0.25, 0.3) is 0 Å². The van der Waals surface area contributed by atoms with Crippen molar-refractivity contribution in [1.82, 2.24) is 4.31 Å². The molecule has 6 heteroatoms. The summed E-state index contributed by atoms with van der Waals surface area (Å²) in [6.45, 7) is 3.57. The molecule has 0 radical (unpaired) electrons. The van der Waals surface area contributed by atoms with E-state index in [9.17, 15) is 8.42 Å². The fourth-order valence-electron chi connectivity index (χ4n) is 1.60. The van der Waals surface area contributed by atoms with Gasteiger partial charge in [-0.2, -0.15) is 0 Å². The summed E-state index contributed by atoms with van der Waals surface area (Å²) in [6, 6.07) is 6.48. The number of ether oxygens (including phenoxy) is 1. The highest BCUT2D eigenvalue weighted by atomic mass is 32.2. The second-order valence-electron chi connectivity index (χ2n) is 4.29. The molecule has 0 atom stereocenters. The minimum absolute atomic E-state index is 0.287. The van der Waals surface area contributed by atoms with Gasteiger partial charge in [-0.1, -0.05) is 6.92 Å². The van der Waals surface area contributed by atoms with E-state index in [1.807, 2.05) is 6.92 Å². The van der Waals surface area contributed by atoms with Crippen LogP contribution in [-0.4, -0.2) is 39.5 Å². The molecule has 0 bridgehead atoms. The van der Waals surface area contributed by atoms with Gasteiger partial charge in [0.15, 0.2) is 0 Å². The lowest BCUT2D eigenvalue weighted by atomic mass is 10.3. The third-order valence-corrected chi connectivity index (χ3v) is 4.56. The third-order valence-electron chi connectivity index (χ3n) is 2.69. The van der Waals surface area contributed by atoms with Gasteiger partial charge in [0.2, 0.25) is 10.0 Å². The summed E-state index contributed by atoms with van der Waals surface area (Å²) in [7, 11) is -1.80. The van der Waals surface area contributed by atoms with E-state index in [2.05, 4.69) is 0 Å². The molecule has 0 heterocycles. The van der Waals surface area contributed by atoms with E-state index in [-0.39, 0.29) is 4.90 Å². The lowest BCUT2D eigenvalue weighted by Gasteiger charge is -2.16. The van der Waals surface area contributed by atoms with Crippen LogP contribution in [0.4, 0.5) is 0 Å². The van der Waals surface area contributed by atoms with E-state index in [0.717, 1.165) is 12.8 Å². The molecule has 0 saturated carbocycles. The lowest BCUT2D eigenvalue weighted by molar-refractivity contribution is 0.313. The zero-order valence-corrected chi connectivity index (χ0v) is 12.3. The molecule has 0 fully saturated rings. The zero-order chi connectivity index (χ0) is 14.3. The van der Waals surface area contributed by atoms with E-state index in [0.29, 0.717) is 25.4 Å². The molecule has 0 amide bonds. The molecule has 5 nitrogen and oxygen atoms in total. The van der Waals surface area contributed by atoms with Crippen molar-refractivity contribution in [2.45, 2.75) is 24.7 Å².